The van der Waals surface area contributed by atoms with Gasteiger partial charge in [-0.25, -0.2) is 0 Å². The number of aromatic nitrogens is 1. The summed E-state index contributed by atoms with van der Waals surface area (Å²) in [6, 6.07) is 4.17. The quantitative estimate of drug-likeness (QED) is 0.846. The van der Waals surface area contributed by atoms with Crippen LogP contribution >= 0.6 is 0 Å². The molecular formula is C13H20N2O. The van der Waals surface area contributed by atoms with E-state index in [2.05, 4.69) is 43.2 Å². The Morgan fingerprint density at radius 3 is 2.94 bits per heavy atom. The van der Waals surface area contributed by atoms with E-state index in [1.165, 1.54) is 5.56 Å². The fourth-order valence-corrected chi connectivity index (χ4v) is 1.96. The molecule has 1 aliphatic rings. The first-order valence-electron chi connectivity index (χ1n) is 5.88. The van der Waals surface area contributed by atoms with Crippen molar-refractivity contribution in [1.29, 1.82) is 0 Å². The van der Waals surface area contributed by atoms with Crippen molar-refractivity contribution in [2.45, 2.75) is 45.4 Å². The predicted octanol–water partition coefficient (Wildman–Crippen LogP) is 2.05. The van der Waals surface area contributed by atoms with Crippen LogP contribution in [0.2, 0.25) is 0 Å². The molecule has 0 amide bonds. The zero-order valence-electron chi connectivity index (χ0n) is 10.3. The van der Waals surface area contributed by atoms with Gasteiger partial charge in [0.25, 0.3) is 0 Å². The number of hydrogen-bond acceptors (Lipinski definition) is 3. The first-order valence-corrected chi connectivity index (χ1v) is 5.88. The van der Waals surface area contributed by atoms with Crippen LogP contribution in [-0.2, 0) is 11.3 Å². The fraction of sp³-hybridized carbons (Fsp3) is 0.615. The Morgan fingerprint density at radius 2 is 2.38 bits per heavy atom. The molecule has 0 aromatic carbocycles. The van der Waals surface area contributed by atoms with Gasteiger partial charge in [0.1, 0.15) is 0 Å². The van der Waals surface area contributed by atoms with E-state index >= 15 is 0 Å². The number of aryl methyl sites for hydroxylation is 1. The van der Waals surface area contributed by atoms with Crippen LogP contribution in [0, 0.1) is 6.92 Å². The Labute approximate surface area is 97.2 Å². The highest BCUT2D eigenvalue weighted by atomic mass is 16.5. The lowest BCUT2D eigenvalue weighted by Gasteiger charge is -2.28. The second kappa shape index (κ2) is 4.52. The lowest BCUT2D eigenvalue weighted by atomic mass is 9.94. The van der Waals surface area contributed by atoms with Gasteiger partial charge in [0.2, 0.25) is 0 Å². The minimum Gasteiger partial charge on any atom is -0.377 e. The molecule has 1 aromatic heterocycles. The third kappa shape index (κ3) is 2.42. The van der Waals surface area contributed by atoms with Crippen molar-refractivity contribution in [3.05, 3.63) is 29.6 Å². The molecule has 16 heavy (non-hydrogen) atoms. The van der Waals surface area contributed by atoms with Crippen molar-refractivity contribution in [3.63, 3.8) is 0 Å². The van der Waals surface area contributed by atoms with E-state index in [9.17, 15) is 0 Å². The Kier molecular flexibility index (Phi) is 3.26. The van der Waals surface area contributed by atoms with E-state index in [-0.39, 0.29) is 11.6 Å². The van der Waals surface area contributed by atoms with Crippen LogP contribution in [0.1, 0.15) is 31.5 Å². The summed E-state index contributed by atoms with van der Waals surface area (Å²) in [5.41, 5.74) is 2.38. The summed E-state index contributed by atoms with van der Waals surface area (Å²) in [6.45, 7) is 8.07. The van der Waals surface area contributed by atoms with Crippen molar-refractivity contribution in [2.75, 3.05) is 6.61 Å². The van der Waals surface area contributed by atoms with Gasteiger partial charge in [-0.05, 0) is 38.8 Å². The largest absolute Gasteiger partial charge is 0.377 e. The molecule has 0 saturated carbocycles. The van der Waals surface area contributed by atoms with Gasteiger partial charge in [-0.2, -0.15) is 0 Å². The summed E-state index contributed by atoms with van der Waals surface area (Å²) < 4.78 is 5.59. The number of hydrogen-bond donors (Lipinski definition) is 1. The second-order valence-electron chi connectivity index (χ2n) is 4.86. The lowest BCUT2D eigenvalue weighted by molar-refractivity contribution is 0.0880. The molecule has 1 saturated heterocycles. The highest BCUT2D eigenvalue weighted by molar-refractivity contribution is 5.12. The normalized spacial score (nSPS) is 29.6. The maximum atomic E-state index is 5.59. The van der Waals surface area contributed by atoms with E-state index in [0.29, 0.717) is 0 Å². The van der Waals surface area contributed by atoms with E-state index < -0.39 is 0 Å². The summed E-state index contributed by atoms with van der Waals surface area (Å²) in [6.07, 6.45) is 3.26. The number of nitrogens with one attached hydrogen (secondary N) is 1. The minimum absolute atomic E-state index is 0.0898. The van der Waals surface area contributed by atoms with Crippen LogP contribution in [0.5, 0.6) is 0 Å². The molecule has 0 aliphatic carbocycles. The predicted molar refractivity (Wildman–Crippen MR) is 64.2 cm³/mol. The molecule has 0 spiro atoms. The van der Waals surface area contributed by atoms with Gasteiger partial charge in [0.15, 0.2) is 0 Å². The topological polar surface area (TPSA) is 34.1 Å². The van der Waals surface area contributed by atoms with Crippen molar-refractivity contribution < 1.29 is 4.74 Å². The zero-order valence-corrected chi connectivity index (χ0v) is 10.3. The maximum Gasteiger partial charge on any atom is 0.0726 e. The smallest absolute Gasteiger partial charge is 0.0726 e. The maximum absolute atomic E-state index is 5.59. The van der Waals surface area contributed by atoms with Crippen LogP contribution in [-0.4, -0.2) is 23.2 Å². The molecular weight excluding hydrogens is 200 g/mol. The molecule has 2 rings (SSSR count). The van der Waals surface area contributed by atoms with Crippen LogP contribution in [0.25, 0.3) is 0 Å². The Morgan fingerprint density at radius 1 is 1.56 bits per heavy atom. The molecule has 2 atom stereocenters. The van der Waals surface area contributed by atoms with Crippen molar-refractivity contribution in [1.82, 2.24) is 10.3 Å². The number of nitrogens with zero attached hydrogens (tertiary/aromatic N) is 1. The summed E-state index contributed by atoms with van der Waals surface area (Å²) in [5.74, 6) is 0. The monoisotopic (exact) mass is 220 g/mol. The van der Waals surface area contributed by atoms with Gasteiger partial charge >= 0.3 is 0 Å². The van der Waals surface area contributed by atoms with Crippen molar-refractivity contribution in [3.8, 4) is 0 Å². The molecule has 0 bridgehead atoms. The highest BCUT2D eigenvalue weighted by Gasteiger charge is 2.36. The molecule has 1 fully saturated rings. The molecule has 2 unspecified atom stereocenters. The van der Waals surface area contributed by atoms with E-state index in [0.717, 1.165) is 25.3 Å². The Bertz CT molecular complexity index is 349. The van der Waals surface area contributed by atoms with Gasteiger partial charge in [0, 0.05) is 24.9 Å². The van der Waals surface area contributed by atoms with Gasteiger partial charge in [-0.1, -0.05) is 6.07 Å². The Hall–Kier alpha value is -0.930. The minimum atomic E-state index is 0.0898. The van der Waals surface area contributed by atoms with Gasteiger partial charge in [-0.3, -0.25) is 4.98 Å². The summed E-state index contributed by atoms with van der Waals surface area (Å²) in [7, 11) is 0. The average molecular weight is 220 g/mol. The van der Waals surface area contributed by atoms with Crippen LogP contribution < -0.4 is 5.32 Å². The molecule has 3 heteroatoms. The van der Waals surface area contributed by atoms with E-state index in [1.807, 2.05) is 6.20 Å². The SMILES string of the molecule is Cc1ccc(CNC2(C)CCOC2C)nc1. The number of rotatable bonds is 3. The molecule has 0 radical (unpaired) electrons. The number of pyridine rings is 1. The standard InChI is InChI=1S/C13H20N2O/c1-10-4-5-12(14-8-10)9-15-13(3)6-7-16-11(13)2/h4-5,8,11,15H,6-7,9H2,1-3H3. The van der Waals surface area contributed by atoms with Gasteiger partial charge in [-0.15, -0.1) is 0 Å². The third-order valence-electron chi connectivity index (χ3n) is 3.53. The molecule has 88 valence electrons. The molecule has 1 aliphatic heterocycles. The van der Waals surface area contributed by atoms with Crippen LogP contribution in [0.3, 0.4) is 0 Å². The molecule has 1 aromatic rings. The summed E-state index contributed by atoms with van der Waals surface area (Å²) in [4.78, 5) is 4.39. The first-order chi connectivity index (χ1) is 7.60. The van der Waals surface area contributed by atoms with Crippen LogP contribution in [0.15, 0.2) is 18.3 Å². The average Bonchev–Trinajstić information content (AvgIpc) is 2.59. The van der Waals surface area contributed by atoms with E-state index in [4.69, 9.17) is 4.74 Å². The van der Waals surface area contributed by atoms with Crippen molar-refractivity contribution >= 4 is 0 Å². The van der Waals surface area contributed by atoms with Crippen molar-refractivity contribution in [2.24, 2.45) is 0 Å². The molecule has 1 N–H and O–H groups in total. The highest BCUT2D eigenvalue weighted by Crippen LogP contribution is 2.25. The third-order valence-corrected chi connectivity index (χ3v) is 3.53. The van der Waals surface area contributed by atoms with Gasteiger partial charge in [0.05, 0.1) is 11.8 Å². The number of ether oxygens (including phenoxy) is 1. The molecule has 3 nitrogen and oxygen atoms in total. The molecule has 2 heterocycles. The second-order valence-corrected chi connectivity index (χ2v) is 4.86. The first kappa shape index (κ1) is 11.6. The zero-order chi connectivity index (χ0) is 11.6. The lowest BCUT2D eigenvalue weighted by Crippen LogP contribution is -2.47. The fourth-order valence-electron chi connectivity index (χ4n) is 1.96. The van der Waals surface area contributed by atoms with Crippen LogP contribution in [0.4, 0.5) is 0 Å². The van der Waals surface area contributed by atoms with E-state index in [1.54, 1.807) is 0 Å². The summed E-state index contributed by atoms with van der Waals surface area (Å²) >= 11 is 0. The Balaban J connectivity index is 1.94. The van der Waals surface area contributed by atoms with Gasteiger partial charge < -0.3 is 10.1 Å². The summed E-state index contributed by atoms with van der Waals surface area (Å²) in [5, 5.41) is 3.56.